The Morgan fingerprint density at radius 1 is 1.19 bits per heavy atom. The Hall–Kier alpha value is -2.56. The molecule has 1 aromatic carbocycles. The zero-order valence-electron chi connectivity index (χ0n) is 15.8. The molecule has 1 aromatic heterocycles. The van der Waals surface area contributed by atoms with Gasteiger partial charge in [0.05, 0.1) is 6.04 Å². The highest BCUT2D eigenvalue weighted by atomic mass is 16.6. The molecule has 1 saturated heterocycles. The maximum absolute atomic E-state index is 12.7. The molecule has 1 atom stereocenters. The van der Waals surface area contributed by atoms with Crippen molar-refractivity contribution in [3.05, 3.63) is 59.3 Å². The van der Waals surface area contributed by atoms with Gasteiger partial charge in [-0.05, 0) is 43.4 Å². The quantitative estimate of drug-likeness (QED) is 0.821. The van der Waals surface area contributed by atoms with E-state index in [9.17, 15) is 4.79 Å². The van der Waals surface area contributed by atoms with E-state index in [2.05, 4.69) is 11.1 Å². The number of rotatable bonds is 4. The molecule has 5 nitrogen and oxygen atoms in total. The van der Waals surface area contributed by atoms with Gasteiger partial charge < -0.3 is 14.5 Å². The third-order valence-corrected chi connectivity index (χ3v) is 4.87. The molecular weight excluding hydrogens is 326 g/mol. The number of benzene rings is 1. The fourth-order valence-electron chi connectivity index (χ4n) is 3.44. The maximum atomic E-state index is 12.7. The van der Waals surface area contributed by atoms with Crippen molar-refractivity contribution in [2.75, 3.05) is 25.5 Å². The molecule has 5 heteroatoms. The number of aryl methyl sites for hydroxylation is 1. The fourth-order valence-corrected chi connectivity index (χ4v) is 3.44. The summed E-state index contributed by atoms with van der Waals surface area (Å²) in [7, 11) is 3.96. The molecule has 0 spiro atoms. The average molecular weight is 353 g/mol. The molecule has 0 radical (unpaired) electrons. The highest BCUT2D eigenvalue weighted by Crippen LogP contribution is 2.33. The zero-order valence-corrected chi connectivity index (χ0v) is 15.8. The largest absolute Gasteiger partial charge is 0.445 e. The number of nitrogens with zero attached hydrogens (tertiary/aromatic N) is 3. The van der Waals surface area contributed by atoms with E-state index >= 15 is 0 Å². The zero-order chi connectivity index (χ0) is 18.5. The summed E-state index contributed by atoms with van der Waals surface area (Å²) in [5, 5.41) is 0. The summed E-state index contributed by atoms with van der Waals surface area (Å²) in [6.07, 6.45) is 2.83. The summed E-state index contributed by atoms with van der Waals surface area (Å²) in [4.78, 5) is 21.3. The van der Waals surface area contributed by atoms with E-state index in [1.54, 1.807) is 0 Å². The Labute approximate surface area is 155 Å². The van der Waals surface area contributed by atoms with Crippen LogP contribution in [0.25, 0.3) is 0 Å². The smallest absolute Gasteiger partial charge is 0.410 e. The second-order valence-electron chi connectivity index (χ2n) is 6.98. The standard InChI is InChI=1S/C21H27N3O2/c1-16-18(12-13-20(22-16)23(2)3)19-11-7-8-14-24(19)21(25)26-15-17-9-5-4-6-10-17/h4-6,9-10,12-13,19H,7-8,11,14-15H2,1-3H3. The number of hydrogen-bond acceptors (Lipinski definition) is 4. The van der Waals surface area contributed by atoms with Gasteiger partial charge in [-0.25, -0.2) is 9.78 Å². The highest BCUT2D eigenvalue weighted by molar-refractivity contribution is 5.68. The summed E-state index contributed by atoms with van der Waals surface area (Å²) < 4.78 is 5.58. The van der Waals surface area contributed by atoms with Crippen molar-refractivity contribution in [1.29, 1.82) is 0 Å². The molecule has 1 aliphatic rings. The molecule has 2 aromatic rings. The maximum Gasteiger partial charge on any atom is 0.410 e. The number of pyridine rings is 1. The second kappa shape index (κ2) is 8.21. The van der Waals surface area contributed by atoms with Gasteiger partial charge in [-0.2, -0.15) is 0 Å². The summed E-state index contributed by atoms with van der Waals surface area (Å²) in [5.74, 6) is 0.931. The van der Waals surface area contributed by atoms with Crippen LogP contribution >= 0.6 is 0 Å². The van der Waals surface area contributed by atoms with Gasteiger partial charge in [0.25, 0.3) is 0 Å². The summed E-state index contributed by atoms with van der Waals surface area (Å²) in [6.45, 7) is 3.05. The average Bonchev–Trinajstić information content (AvgIpc) is 2.67. The predicted octanol–water partition coefficient (Wildman–Crippen LogP) is 4.32. The minimum Gasteiger partial charge on any atom is -0.445 e. The number of ether oxygens (including phenoxy) is 1. The Morgan fingerprint density at radius 3 is 2.65 bits per heavy atom. The molecule has 0 saturated carbocycles. The first kappa shape index (κ1) is 18.2. The molecule has 0 N–H and O–H groups in total. The number of hydrogen-bond donors (Lipinski definition) is 0. The van der Waals surface area contributed by atoms with Crippen LogP contribution in [0.2, 0.25) is 0 Å². The molecule has 1 fully saturated rings. The van der Waals surface area contributed by atoms with Crippen LogP contribution in [0, 0.1) is 6.92 Å². The van der Waals surface area contributed by atoms with E-state index < -0.39 is 0 Å². The van der Waals surface area contributed by atoms with Crippen molar-refractivity contribution >= 4 is 11.9 Å². The molecule has 138 valence electrons. The van der Waals surface area contributed by atoms with Gasteiger partial charge >= 0.3 is 6.09 Å². The van der Waals surface area contributed by atoms with Crippen LogP contribution in [0.5, 0.6) is 0 Å². The van der Waals surface area contributed by atoms with Crippen molar-refractivity contribution in [1.82, 2.24) is 9.88 Å². The molecule has 0 bridgehead atoms. The first-order valence-electron chi connectivity index (χ1n) is 9.18. The SMILES string of the molecule is Cc1nc(N(C)C)ccc1C1CCCCN1C(=O)OCc1ccccc1. The molecule has 1 amide bonds. The van der Waals surface area contributed by atoms with Gasteiger partial charge in [-0.3, -0.25) is 0 Å². The summed E-state index contributed by atoms with van der Waals surface area (Å²) in [6, 6.07) is 14.0. The van der Waals surface area contributed by atoms with Crippen LogP contribution in [0.1, 0.15) is 42.1 Å². The minimum atomic E-state index is -0.241. The number of piperidine rings is 1. The lowest BCUT2D eigenvalue weighted by atomic mass is 9.94. The van der Waals surface area contributed by atoms with Crippen molar-refractivity contribution in [2.45, 2.75) is 38.8 Å². The van der Waals surface area contributed by atoms with E-state index in [1.165, 1.54) is 0 Å². The van der Waals surface area contributed by atoms with Gasteiger partial charge in [0.2, 0.25) is 0 Å². The molecule has 0 aliphatic carbocycles. The van der Waals surface area contributed by atoms with E-state index in [-0.39, 0.29) is 12.1 Å². The number of amides is 1. The Morgan fingerprint density at radius 2 is 1.96 bits per heavy atom. The fraction of sp³-hybridized carbons (Fsp3) is 0.429. The molecule has 26 heavy (non-hydrogen) atoms. The highest BCUT2D eigenvalue weighted by Gasteiger charge is 2.30. The molecule has 1 unspecified atom stereocenters. The summed E-state index contributed by atoms with van der Waals surface area (Å²) in [5.41, 5.74) is 3.10. The first-order valence-corrected chi connectivity index (χ1v) is 9.18. The monoisotopic (exact) mass is 353 g/mol. The minimum absolute atomic E-state index is 0.0377. The number of carbonyl (C=O) groups excluding carboxylic acids is 1. The third kappa shape index (κ3) is 4.15. The lowest BCUT2D eigenvalue weighted by Crippen LogP contribution is -2.39. The number of likely N-dealkylation sites (tertiary alicyclic amines) is 1. The number of anilines is 1. The van der Waals surface area contributed by atoms with Crippen molar-refractivity contribution < 1.29 is 9.53 Å². The molecule has 2 heterocycles. The second-order valence-corrected chi connectivity index (χ2v) is 6.98. The van der Waals surface area contributed by atoms with Crippen LogP contribution in [0.15, 0.2) is 42.5 Å². The Bertz CT molecular complexity index is 746. The molecule has 1 aliphatic heterocycles. The van der Waals surface area contributed by atoms with Gasteiger partial charge in [0, 0.05) is 26.3 Å². The van der Waals surface area contributed by atoms with Crippen molar-refractivity contribution in [2.24, 2.45) is 0 Å². The first-order chi connectivity index (χ1) is 12.6. The van der Waals surface area contributed by atoms with Crippen LogP contribution in [-0.4, -0.2) is 36.6 Å². The lowest BCUT2D eigenvalue weighted by Gasteiger charge is -2.35. The van der Waals surface area contributed by atoms with E-state index in [1.807, 2.05) is 67.2 Å². The number of aromatic nitrogens is 1. The Kier molecular flexibility index (Phi) is 5.76. The van der Waals surface area contributed by atoms with Gasteiger partial charge in [0.15, 0.2) is 0 Å². The van der Waals surface area contributed by atoms with Crippen molar-refractivity contribution in [3.8, 4) is 0 Å². The van der Waals surface area contributed by atoms with Gasteiger partial charge in [0.1, 0.15) is 12.4 Å². The Balaban J connectivity index is 1.74. The molecular formula is C21H27N3O2. The van der Waals surface area contributed by atoms with Gasteiger partial charge in [-0.15, -0.1) is 0 Å². The molecule has 3 rings (SSSR count). The normalized spacial score (nSPS) is 17.0. The summed E-state index contributed by atoms with van der Waals surface area (Å²) >= 11 is 0. The van der Waals surface area contributed by atoms with Crippen LogP contribution in [-0.2, 0) is 11.3 Å². The predicted molar refractivity (Wildman–Crippen MR) is 103 cm³/mol. The van der Waals surface area contributed by atoms with E-state index in [0.717, 1.165) is 48.4 Å². The van der Waals surface area contributed by atoms with E-state index in [4.69, 9.17) is 4.74 Å². The number of carbonyl (C=O) groups is 1. The van der Waals surface area contributed by atoms with Gasteiger partial charge in [-0.1, -0.05) is 36.4 Å². The lowest BCUT2D eigenvalue weighted by molar-refractivity contribution is 0.0677. The topological polar surface area (TPSA) is 45.7 Å². The van der Waals surface area contributed by atoms with Crippen LogP contribution in [0.3, 0.4) is 0 Å². The van der Waals surface area contributed by atoms with E-state index in [0.29, 0.717) is 6.61 Å². The van der Waals surface area contributed by atoms with Crippen molar-refractivity contribution in [3.63, 3.8) is 0 Å². The van der Waals surface area contributed by atoms with Crippen LogP contribution in [0.4, 0.5) is 10.6 Å². The van der Waals surface area contributed by atoms with Crippen LogP contribution < -0.4 is 4.90 Å². The third-order valence-electron chi connectivity index (χ3n) is 4.87.